The Bertz CT molecular complexity index is 952. The standard InChI is InChI=1S/C41H73O8P/c1-3-5-7-9-11-13-15-17-19-20-22-24-26-28-30-32-34-36-41(43)49-39(38-48-50(44,45)46)37-47-40(42)35-33-31-29-27-25-23-21-18-16-14-12-10-8-6-4-2/h12,14,18,21-22,24,28,30,39H,3-11,13,15-17,19-20,23,25-27,29,31-38H2,1-2H3,(H2,44,45,46)/b14-12+,21-18+,24-22+,30-28+/t39-/m1/s1. The lowest BCUT2D eigenvalue weighted by molar-refractivity contribution is -0.161. The van der Waals surface area contributed by atoms with E-state index in [1.165, 1.54) is 83.5 Å². The van der Waals surface area contributed by atoms with Crippen molar-refractivity contribution in [2.24, 2.45) is 0 Å². The van der Waals surface area contributed by atoms with E-state index in [1.54, 1.807) is 0 Å². The smallest absolute Gasteiger partial charge is 0.462 e. The minimum Gasteiger partial charge on any atom is -0.462 e. The summed E-state index contributed by atoms with van der Waals surface area (Å²) in [7, 11) is -4.77. The molecular weight excluding hydrogens is 651 g/mol. The van der Waals surface area contributed by atoms with Gasteiger partial charge in [0.2, 0.25) is 0 Å². The molecule has 0 amide bonds. The highest BCUT2D eigenvalue weighted by atomic mass is 31.2. The molecule has 0 rings (SSSR count). The Morgan fingerprint density at radius 1 is 0.520 bits per heavy atom. The molecular formula is C41H73O8P. The Labute approximate surface area is 305 Å². The number of esters is 2. The molecule has 9 heteroatoms. The summed E-state index contributed by atoms with van der Waals surface area (Å²) in [6.45, 7) is 3.61. The molecule has 0 fully saturated rings. The quantitative estimate of drug-likeness (QED) is 0.0284. The Morgan fingerprint density at radius 3 is 1.42 bits per heavy atom. The number of ether oxygens (including phenoxy) is 2. The number of hydrogen-bond donors (Lipinski definition) is 2. The van der Waals surface area contributed by atoms with Crippen LogP contribution in [0.25, 0.3) is 0 Å². The second-order valence-electron chi connectivity index (χ2n) is 13.2. The number of phosphoric acid groups is 1. The van der Waals surface area contributed by atoms with Crippen LogP contribution in [0.4, 0.5) is 0 Å². The van der Waals surface area contributed by atoms with E-state index in [0.717, 1.165) is 51.4 Å². The predicted molar refractivity (Wildman–Crippen MR) is 207 cm³/mol. The summed E-state index contributed by atoms with van der Waals surface area (Å²) in [5, 5.41) is 0. The summed E-state index contributed by atoms with van der Waals surface area (Å²) in [6, 6.07) is 0. The van der Waals surface area contributed by atoms with Crippen molar-refractivity contribution in [3.8, 4) is 0 Å². The van der Waals surface area contributed by atoms with Crippen molar-refractivity contribution in [3.63, 3.8) is 0 Å². The van der Waals surface area contributed by atoms with Crippen LogP contribution in [0.5, 0.6) is 0 Å². The van der Waals surface area contributed by atoms with Crippen LogP contribution in [-0.4, -0.2) is 41.0 Å². The molecule has 0 spiro atoms. The average molecular weight is 725 g/mol. The van der Waals surface area contributed by atoms with Crippen LogP contribution in [0.2, 0.25) is 0 Å². The Kier molecular flexibility index (Phi) is 35.3. The summed E-state index contributed by atoms with van der Waals surface area (Å²) in [4.78, 5) is 42.7. The number of carbonyl (C=O) groups is 2. The fourth-order valence-electron chi connectivity index (χ4n) is 5.32. The van der Waals surface area contributed by atoms with Gasteiger partial charge < -0.3 is 19.3 Å². The van der Waals surface area contributed by atoms with E-state index in [4.69, 9.17) is 19.3 Å². The molecule has 1 atom stereocenters. The van der Waals surface area contributed by atoms with E-state index < -0.39 is 32.5 Å². The number of hydrogen-bond acceptors (Lipinski definition) is 6. The molecule has 0 saturated carbocycles. The first kappa shape index (κ1) is 48.0. The number of unbranched alkanes of at least 4 members (excludes halogenated alkanes) is 18. The zero-order valence-corrected chi connectivity index (χ0v) is 32.7. The molecule has 0 aromatic rings. The van der Waals surface area contributed by atoms with Gasteiger partial charge in [0.1, 0.15) is 6.61 Å². The van der Waals surface area contributed by atoms with Gasteiger partial charge in [-0.2, -0.15) is 0 Å². The first-order valence-electron chi connectivity index (χ1n) is 19.9. The van der Waals surface area contributed by atoms with E-state index in [9.17, 15) is 14.2 Å². The third kappa shape index (κ3) is 38.8. The number of carbonyl (C=O) groups excluding carboxylic acids is 2. The zero-order valence-electron chi connectivity index (χ0n) is 31.8. The van der Waals surface area contributed by atoms with E-state index in [2.05, 4.69) is 60.9 Å². The van der Waals surface area contributed by atoms with E-state index in [1.807, 2.05) is 6.08 Å². The first-order chi connectivity index (χ1) is 24.3. The second-order valence-corrected chi connectivity index (χ2v) is 14.5. The van der Waals surface area contributed by atoms with E-state index >= 15 is 0 Å². The minimum absolute atomic E-state index is 0.144. The topological polar surface area (TPSA) is 119 Å². The van der Waals surface area contributed by atoms with Gasteiger partial charge in [0.15, 0.2) is 6.10 Å². The van der Waals surface area contributed by atoms with Gasteiger partial charge in [0.25, 0.3) is 0 Å². The number of phosphoric ester groups is 1. The molecule has 0 aromatic heterocycles. The molecule has 2 N–H and O–H groups in total. The summed E-state index contributed by atoms with van der Waals surface area (Å²) in [5.41, 5.74) is 0. The van der Waals surface area contributed by atoms with Gasteiger partial charge in [-0.1, -0.05) is 146 Å². The van der Waals surface area contributed by atoms with Gasteiger partial charge in [0.05, 0.1) is 6.61 Å². The van der Waals surface area contributed by atoms with Gasteiger partial charge in [-0.05, 0) is 70.6 Å². The Morgan fingerprint density at radius 2 is 0.920 bits per heavy atom. The maximum atomic E-state index is 12.4. The minimum atomic E-state index is -4.77. The third-order valence-electron chi connectivity index (χ3n) is 8.32. The van der Waals surface area contributed by atoms with E-state index in [0.29, 0.717) is 19.3 Å². The molecule has 0 aliphatic carbocycles. The van der Waals surface area contributed by atoms with E-state index in [-0.39, 0.29) is 19.4 Å². The molecule has 8 nitrogen and oxygen atoms in total. The molecule has 0 aliphatic rings. The normalized spacial score (nSPS) is 13.0. The Balaban J connectivity index is 4.04. The lowest BCUT2D eigenvalue weighted by atomic mass is 10.1. The second kappa shape index (κ2) is 36.8. The fourth-order valence-corrected chi connectivity index (χ4v) is 5.68. The van der Waals surface area contributed by atoms with Gasteiger partial charge in [-0.25, -0.2) is 4.57 Å². The molecule has 0 aliphatic heterocycles. The van der Waals surface area contributed by atoms with Crippen LogP contribution in [0.3, 0.4) is 0 Å². The molecule has 0 radical (unpaired) electrons. The van der Waals surface area contributed by atoms with Crippen LogP contribution in [-0.2, 0) is 28.2 Å². The van der Waals surface area contributed by atoms with Gasteiger partial charge in [0, 0.05) is 12.8 Å². The largest absolute Gasteiger partial charge is 0.469 e. The highest BCUT2D eigenvalue weighted by molar-refractivity contribution is 7.46. The molecule has 50 heavy (non-hydrogen) atoms. The Hall–Kier alpha value is -1.99. The fraction of sp³-hybridized carbons (Fsp3) is 0.756. The summed E-state index contributed by atoms with van der Waals surface area (Å²) in [6.07, 6.45) is 44.1. The van der Waals surface area contributed by atoms with Gasteiger partial charge >= 0.3 is 19.8 Å². The number of rotatable bonds is 36. The molecule has 0 aromatic carbocycles. The van der Waals surface area contributed by atoms with Crippen molar-refractivity contribution in [2.45, 2.75) is 187 Å². The van der Waals surface area contributed by atoms with Crippen molar-refractivity contribution in [1.82, 2.24) is 0 Å². The van der Waals surface area contributed by atoms with Crippen LogP contribution in [0.1, 0.15) is 181 Å². The van der Waals surface area contributed by atoms with Crippen molar-refractivity contribution in [2.75, 3.05) is 13.2 Å². The predicted octanol–water partition coefficient (Wildman–Crippen LogP) is 12.0. The van der Waals surface area contributed by atoms with Crippen LogP contribution in [0.15, 0.2) is 48.6 Å². The molecule has 0 saturated heterocycles. The maximum Gasteiger partial charge on any atom is 0.469 e. The SMILES string of the molecule is CCCCC/C=C/C/C=C/CCCCCCCC(=O)OC[C@H](COP(=O)(O)O)OC(=O)CCC/C=C/C/C=C/CCCCCCCCCCC. The molecule has 290 valence electrons. The first-order valence-corrected chi connectivity index (χ1v) is 21.5. The maximum absolute atomic E-state index is 12.4. The summed E-state index contributed by atoms with van der Waals surface area (Å²) >= 11 is 0. The molecule has 0 bridgehead atoms. The van der Waals surface area contributed by atoms with Gasteiger partial charge in [-0.3, -0.25) is 14.1 Å². The van der Waals surface area contributed by atoms with Crippen molar-refractivity contribution < 1.29 is 37.9 Å². The lowest BCUT2D eigenvalue weighted by Crippen LogP contribution is -2.29. The van der Waals surface area contributed by atoms with Crippen molar-refractivity contribution in [1.29, 1.82) is 0 Å². The van der Waals surface area contributed by atoms with Crippen LogP contribution in [0, 0.1) is 0 Å². The lowest BCUT2D eigenvalue weighted by Gasteiger charge is -2.18. The summed E-state index contributed by atoms with van der Waals surface area (Å²) in [5.74, 6) is -0.955. The molecule has 0 heterocycles. The summed E-state index contributed by atoms with van der Waals surface area (Å²) < 4.78 is 26.3. The van der Waals surface area contributed by atoms with Gasteiger partial charge in [-0.15, -0.1) is 0 Å². The highest BCUT2D eigenvalue weighted by Crippen LogP contribution is 2.36. The zero-order chi connectivity index (χ0) is 36.8. The average Bonchev–Trinajstić information content (AvgIpc) is 3.08. The third-order valence-corrected chi connectivity index (χ3v) is 8.81. The van der Waals surface area contributed by atoms with Crippen LogP contribution >= 0.6 is 7.82 Å². The monoisotopic (exact) mass is 725 g/mol. The highest BCUT2D eigenvalue weighted by Gasteiger charge is 2.22. The molecule has 0 unspecified atom stereocenters. The van der Waals surface area contributed by atoms with Crippen molar-refractivity contribution >= 4 is 19.8 Å². The van der Waals surface area contributed by atoms with Crippen LogP contribution < -0.4 is 0 Å². The number of allylic oxidation sites excluding steroid dienone is 8. The van der Waals surface area contributed by atoms with Crippen molar-refractivity contribution in [3.05, 3.63) is 48.6 Å².